The maximum Gasteiger partial charge on any atom is 0.120 e. The van der Waals surface area contributed by atoms with Gasteiger partial charge in [-0.3, -0.25) is 0 Å². The lowest BCUT2D eigenvalue weighted by Gasteiger charge is -2.10. The molecule has 24 heavy (non-hydrogen) atoms. The van der Waals surface area contributed by atoms with Crippen LogP contribution in [0.1, 0.15) is 11.1 Å². The number of benzene rings is 3. The van der Waals surface area contributed by atoms with Gasteiger partial charge in [0, 0.05) is 16.7 Å². The molecule has 3 aromatic carbocycles. The van der Waals surface area contributed by atoms with Gasteiger partial charge in [-0.05, 0) is 57.4 Å². The van der Waals surface area contributed by atoms with Gasteiger partial charge in [-0.25, -0.2) is 0 Å². The van der Waals surface area contributed by atoms with Crippen molar-refractivity contribution in [2.45, 2.75) is 13.2 Å². The summed E-state index contributed by atoms with van der Waals surface area (Å²) in [5, 5.41) is 4.06. The molecule has 0 fully saturated rings. The molecule has 0 unspecified atom stereocenters. The first-order chi connectivity index (χ1) is 11.7. The fraction of sp³-hybridized carbons (Fsp3) is 0.100. The Balaban J connectivity index is 1.59. The Morgan fingerprint density at radius 2 is 1.67 bits per heavy atom. The zero-order chi connectivity index (χ0) is 16.8. The minimum Gasteiger partial charge on any atom is -0.489 e. The maximum absolute atomic E-state index is 6.11. The molecule has 0 radical (unpaired) electrons. The van der Waals surface area contributed by atoms with Crippen LogP contribution < -0.4 is 10.1 Å². The molecule has 0 heterocycles. The molecule has 0 aliphatic heterocycles. The highest BCUT2D eigenvalue weighted by Gasteiger charge is 2.01. The van der Waals surface area contributed by atoms with Gasteiger partial charge in [-0.1, -0.05) is 54.1 Å². The molecule has 0 amide bonds. The second-order valence-electron chi connectivity index (χ2n) is 5.40. The van der Waals surface area contributed by atoms with E-state index in [1.54, 1.807) is 0 Å². The fourth-order valence-electron chi connectivity index (χ4n) is 2.30. The molecule has 3 rings (SSSR count). The van der Waals surface area contributed by atoms with Crippen LogP contribution in [0, 0.1) is 0 Å². The highest BCUT2D eigenvalue weighted by atomic mass is 79.9. The summed E-state index contributed by atoms with van der Waals surface area (Å²) in [6.07, 6.45) is 0. The molecule has 1 N–H and O–H groups in total. The van der Waals surface area contributed by atoms with Crippen LogP contribution in [0.5, 0.6) is 5.75 Å². The zero-order valence-electron chi connectivity index (χ0n) is 13.0. The molecular formula is C20H17BrClNO. The SMILES string of the molecule is Clc1cc(NCc2cccc(OCc3ccccc3)c2)ccc1Br. The monoisotopic (exact) mass is 401 g/mol. The molecular weight excluding hydrogens is 386 g/mol. The minimum atomic E-state index is 0.569. The Hall–Kier alpha value is -1.97. The quantitative estimate of drug-likeness (QED) is 0.523. The van der Waals surface area contributed by atoms with E-state index in [1.807, 2.05) is 48.5 Å². The lowest BCUT2D eigenvalue weighted by Crippen LogP contribution is -2.00. The zero-order valence-corrected chi connectivity index (χ0v) is 15.3. The molecule has 0 aromatic heterocycles. The van der Waals surface area contributed by atoms with Crippen molar-refractivity contribution in [1.29, 1.82) is 0 Å². The summed E-state index contributed by atoms with van der Waals surface area (Å²) in [4.78, 5) is 0. The van der Waals surface area contributed by atoms with E-state index >= 15 is 0 Å². The first-order valence-electron chi connectivity index (χ1n) is 7.65. The Bertz CT molecular complexity index is 808. The number of hydrogen-bond donors (Lipinski definition) is 1. The van der Waals surface area contributed by atoms with Crippen LogP contribution in [0.15, 0.2) is 77.3 Å². The van der Waals surface area contributed by atoms with Crippen LogP contribution in [-0.2, 0) is 13.2 Å². The van der Waals surface area contributed by atoms with Crippen LogP contribution in [-0.4, -0.2) is 0 Å². The van der Waals surface area contributed by atoms with Crippen LogP contribution in [0.25, 0.3) is 0 Å². The van der Waals surface area contributed by atoms with E-state index in [0.29, 0.717) is 18.2 Å². The van der Waals surface area contributed by atoms with Gasteiger partial charge in [0.25, 0.3) is 0 Å². The van der Waals surface area contributed by atoms with E-state index in [2.05, 4.69) is 45.5 Å². The third-order valence-corrected chi connectivity index (χ3v) is 4.80. The van der Waals surface area contributed by atoms with E-state index in [0.717, 1.165) is 27.0 Å². The second kappa shape index (κ2) is 8.22. The number of hydrogen-bond acceptors (Lipinski definition) is 2. The number of nitrogens with one attached hydrogen (secondary N) is 1. The third kappa shape index (κ3) is 4.76. The van der Waals surface area contributed by atoms with Crippen molar-refractivity contribution < 1.29 is 4.74 Å². The highest BCUT2D eigenvalue weighted by molar-refractivity contribution is 9.10. The van der Waals surface area contributed by atoms with Crippen molar-refractivity contribution >= 4 is 33.2 Å². The maximum atomic E-state index is 6.11. The molecule has 0 atom stereocenters. The summed E-state index contributed by atoms with van der Waals surface area (Å²) in [5.74, 6) is 0.868. The van der Waals surface area contributed by atoms with Gasteiger partial charge >= 0.3 is 0 Å². The predicted octanol–water partition coefficient (Wildman–Crippen LogP) is 6.29. The first-order valence-corrected chi connectivity index (χ1v) is 8.82. The topological polar surface area (TPSA) is 21.3 Å². The molecule has 3 aromatic rings. The molecule has 4 heteroatoms. The summed E-state index contributed by atoms with van der Waals surface area (Å²) in [6.45, 7) is 1.28. The smallest absolute Gasteiger partial charge is 0.120 e. The highest BCUT2D eigenvalue weighted by Crippen LogP contribution is 2.26. The van der Waals surface area contributed by atoms with Crippen LogP contribution in [0.4, 0.5) is 5.69 Å². The average molecular weight is 403 g/mol. The van der Waals surface area contributed by atoms with E-state index in [9.17, 15) is 0 Å². The average Bonchev–Trinajstić information content (AvgIpc) is 2.62. The summed E-state index contributed by atoms with van der Waals surface area (Å²) < 4.78 is 6.76. The molecule has 0 saturated heterocycles. The summed E-state index contributed by atoms with van der Waals surface area (Å²) in [7, 11) is 0. The number of halogens is 2. The summed E-state index contributed by atoms with van der Waals surface area (Å²) in [6, 6.07) is 24.1. The van der Waals surface area contributed by atoms with Gasteiger partial charge in [0.15, 0.2) is 0 Å². The Labute approximate surface area is 155 Å². The van der Waals surface area contributed by atoms with Crippen molar-refractivity contribution in [3.8, 4) is 5.75 Å². The number of ether oxygens (including phenoxy) is 1. The second-order valence-corrected chi connectivity index (χ2v) is 6.67. The lowest BCUT2D eigenvalue weighted by molar-refractivity contribution is 0.306. The summed E-state index contributed by atoms with van der Waals surface area (Å²) in [5.41, 5.74) is 3.30. The van der Waals surface area contributed by atoms with Crippen molar-refractivity contribution in [1.82, 2.24) is 0 Å². The lowest BCUT2D eigenvalue weighted by atomic mass is 10.2. The Morgan fingerprint density at radius 3 is 2.46 bits per heavy atom. The van der Waals surface area contributed by atoms with Gasteiger partial charge in [-0.2, -0.15) is 0 Å². The largest absolute Gasteiger partial charge is 0.489 e. The molecule has 0 saturated carbocycles. The predicted molar refractivity (Wildman–Crippen MR) is 104 cm³/mol. The number of anilines is 1. The first kappa shape index (κ1) is 16.9. The molecule has 0 bridgehead atoms. The van der Waals surface area contributed by atoms with Gasteiger partial charge in [-0.15, -0.1) is 0 Å². The Morgan fingerprint density at radius 1 is 0.875 bits per heavy atom. The third-order valence-electron chi connectivity index (χ3n) is 3.56. The molecule has 2 nitrogen and oxygen atoms in total. The van der Waals surface area contributed by atoms with Gasteiger partial charge in [0.05, 0.1) is 5.02 Å². The molecule has 0 aliphatic carbocycles. The summed E-state index contributed by atoms with van der Waals surface area (Å²) >= 11 is 9.51. The Kier molecular flexibility index (Phi) is 5.78. The number of rotatable bonds is 6. The van der Waals surface area contributed by atoms with E-state index in [-0.39, 0.29) is 0 Å². The fourth-order valence-corrected chi connectivity index (χ4v) is 2.72. The van der Waals surface area contributed by atoms with Crippen molar-refractivity contribution in [3.05, 3.63) is 93.4 Å². The van der Waals surface area contributed by atoms with Crippen molar-refractivity contribution in [2.24, 2.45) is 0 Å². The van der Waals surface area contributed by atoms with Crippen LogP contribution >= 0.6 is 27.5 Å². The van der Waals surface area contributed by atoms with Crippen LogP contribution in [0.3, 0.4) is 0 Å². The van der Waals surface area contributed by atoms with Crippen molar-refractivity contribution in [2.75, 3.05) is 5.32 Å². The van der Waals surface area contributed by atoms with Crippen molar-refractivity contribution in [3.63, 3.8) is 0 Å². The molecule has 122 valence electrons. The van der Waals surface area contributed by atoms with Gasteiger partial charge in [0.2, 0.25) is 0 Å². The van der Waals surface area contributed by atoms with Gasteiger partial charge < -0.3 is 10.1 Å². The molecule has 0 aliphatic rings. The normalized spacial score (nSPS) is 10.4. The van der Waals surface area contributed by atoms with Gasteiger partial charge in [0.1, 0.15) is 12.4 Å². The van der Waals surface area contributed by atoms with E-state index < -0.39 is 0 Å². The molecule has 0 spiro atoms. The standard InChI is InChI=1S/C20H17BrClNO/c21-19-10-9-17(12-20(19)22)23-13-16-7-4-8-18(11-16)24-14-15-5-2-1-3-6-15/h1-12,23H,13-14H2. The van der Waals surface area contributed by atoms with E-state index in [1.165, 1.54) is 0 Å². The van der Waals surface area contributed by atoms with Crippen LogP contribution in [0.2, 0.25) is 5.02 Å². The minimum absolute atomic E-state index is 0.569. The van der Waals surface area contributed by atoms with E-state index in [4.69, 9.17) is 16.3 Å².